The molecule has 0 spiro atoms. The maximum atomic E-state index is 12.6. The quantitative estimate of drug-likeness (QED) is 0.0748. The van der Waals surface area contributed by atoms with Gasteiger partial charge in [0.25, 0.3) is 0 Å². The fraction of sp³-hybridized carbons (Fsp3) is 0.680. The molecule has 0 aliphatic carbocycles. The Morgan fingerprint density at radius 2 is 0.709 bits per heavy atom. The van der Waals surface area contributed by atoms with Crippen LogP contribution in [-0.2, 0) is 47.5 Å². The van der Waals surface area contributed by atoms with Crippen molar-refractivity contribution in [2.45, 2.75) is 368 Å². The smallest absolute Gasteiger partial charge is 0.308 e. The minimum absolute atomic E-state index is 0. The van der Waals surface area contributed by atoms with Crippen LogP contribution in [-0.4, -0.2) is 344 Å². The number of aliphatic imine (C=N–C) groups is 1. The molecular formula is C97H160N4O33. The molecule has 0 unspecified atom stereocenters. The third-order valence-corrected chi connectivity index (χ3v) is 24.5. The van der Waals surface area contributed by atoms with E-state index in [2.05, 4.69) is 4.99 Å². The lowest BCUT2D eigenvalue weighted by molar-refractivity contribution is -0.313. The molecule has 4 bridgehead atoms. The summed E-state index contributed by atoms with van der Waals surface area (Å²) in [6.45, 7) is 12.4. The van der Waals surface area contributed by atoms with Crippen LogP contribution in [0.25, 0.3) is 0 Å². The van der Waals surface area contributed by atoms with E-state index >= 15 is 0 Å². The zero-order valence-corrected chi connectivity index (χ0v) is 76.6. The number of fused-ring (bicyclic) bond motifs is 4. The SMILES string of the molecule is C.C.C[C@@H]1[C@H](O)[C@@H](C)/C=C/C=C/C=C/C=C/C=C/C=C/C=C/[C@H](O[C@@H]2O[C@H](C)[C@@H](O)[C@H](N)[C@@H]2O)C[C@@H]2O[C@](O)(C[C@@H](O)C[C@@H](O)[C@H](O)CC[C@@H](O)C[C@@H](O)CC(=O)O[C@H]1C)C[C@H](O)[C@H]2CO.C[C@@H]1[C@H](O)[C@@H](C)/C=C/C=C/C=C/C=C/C=C/C=C/C=C/[C@H](O[C@@H]2O[C@H](C)[C@@H](O)[C@H](N=C(N)NO)[C@@H]2O)C[C@@H]2O[C@](O)(C[C@@H](O)C[C@@H](O)[C@H](O)CC[C@@H](O)C[C@@H](O)CC(=O)O[C@H]1C)C[C@H](O)[C@H]2CO. The van der Waals surface area contributed by atoms with E-state index in [1.807, 2.05) is 86.8 Å². The Labute approximate surface area is 788 Å². The van der Waals surface area contributed by atoms with Crippen LogP contribution in [0.4, 0.5) is 0 Å². The molecule has 766 valence electrons. The molecule has 6 aliphatic heterocycles. The first-order valence-corrected chi connectivity index (χ1v) is 45.6. The molecule has 134 heavy (non-hydrogen) atoms. The minimum atomic E-state index is -2.21. The minimum Gasteiger partial charge on any atom is -0.462 e. The summed E-state index contributed by atoms with van der Waals surface area (Å²) in [5.74, 6) is -9.62. The van der Waals surface area contributed by atoms with Crippen molar-refractivity contribution in [1.82, 2.24) is 5.48 Å². The Morgan fingerprint density at radius 1 is 0.388 bits per heavy atom. The number of allylic oxidation sites excluding steroid dienone is 24. The average molecular weight is 1910 g/mol. The van der Waals surface area contributed by atoms with Crippen LogP contribution in [0.15, 0.2) is 175 Å². The lowest BCUT2D eigenvalue weighted by Gasteiger charge is -2.46. The third-order valence-electron chi connectivity index (χ3n) is 24.5. The van der Waals surface area contributed by atoms with E-state index in [0.717, 1.165) is 0 Å². The number of aliphatic hydroxyl groups is 22. The summed E-state index contributed by atoms with van der Waals surface area (Å²) >= 11 is 0. The number of nitrogens with one attached hydrogen (secondary N) is 1. The number of carbonyl (C=O) groups excluding carboxylic acids is 2. The standard InChI is InChI=1S/C48H77N3O17.C47H75NO16.2CH4/c1-28-17-15-13-11-9-7-5-6-8-10-12-14-16-18-35(67-46-45(62)42(50-47(49)51-64)44(61)31(4)66-46)24-40-36(27-52)39(58)26-48(63,68-40)25-34(55)22-38(57)37(56)20-19-32(53)21-33(54)23-41(59)65-30(3)29(2)43(28)60;1-28-17-15-13-11-9-7-5-6-8-10-12-14-16-18-35(63-46-45(59)42(48)44(58)31(4)62-46)24-40-36(27-49)39(55)26-47(60,64-40)25-34(52)22-38(54)37(53)20-19-32(50)21-33(51)23-41(56)61-30(3)29(2)43(28)57;;/h5-18,28-40,42-46,52-58,60-64H,19-27H2,1-4H3,(H3,49,50,51);5-18,28-40,42-46,49-55,57-60H,19-27,48H2,1-4H3;2*1H4/b2*6-5+,9-7+,10-8+,13-11+,14-12+,17-15+,18-16+;;/t28-,29-,30-,31+,32+,33+,34-,35-,36+,37+,38+,39-,40-,42-,43+,44+,45-,46-,48+;28-,29-,30-,31+,32+,33+,34-,35-,36+,37+,38+,39-,40-,42-,43+,44+,45-,46-,47+;;/m00../s1. The summed E-state index contributed by atoms with van der Waals surface area (Å²) in [6, 6.07) is -2.39. The monoisotopic (exact) mass is 1910 g/mol. The van der Waals surface area contributed by atoms with Crippen molar-refractivity contribution in [3.05, 3.63) is 170 Å². The number of carbonyl (C=O) groups is 2. The normalized spacial score (nSPS) is 44.5. The van der Waals surface area contributed by atoms with E-state index in [1.165, 1.54) is 6.92 Å². The molecule has 0 aromatic heterocycles. The maximum Gasteiger partial charge on any atom is 0.308 e. The Balaban J connectivity index is 0.000000681. The fourth-order valence-corrected chi connectivity index (χ4v) is 16.2. The first-order valence-electron chi connectivity index (χ1n) is 45.6. The van der Waals surface area contributed by atoms with Gasteiger partial charge in [-0.2, -0.15) is 0 Å². The van der Waals surface area contributed by atoms with E-state index in [1.54, 1.807) is 137 Å². The highest BCUT2D eigenvalue weighted by Gasteiger charge is 2.52. The van der Waals surface area contributed by atoms with Gasteiger partial charge in [-0.05, 0) is 66.2 Å². The number of hydrogen-bond acceptors (Lipinski definition) is 35. The highest BCUT2D eigenvalue weighted by atomic mass is 16.7. The number of rotatable bonds is 7. The molecule has 6 aliphatic rings. The van der Waals surface area contributed by atoms with E-state index < -0.39 is 301 Å². The van der Waals surface area contributed by atoms with Gasteiger partial charge < -0.3 is 162 Å². The Kier molecular flexibility index (Phi) is 56.6. The lowest BCUT2D eigenvalue weighted by Crippen LogP contribution is -2.61. The summed E-state index contributed by atoms with van der Waals surface area (Å²) in [5, 5.41) is 247. The van der Waals surface area contributed by atoms with Gasteiger partial charge in [0.2, 0.25) is 5.96 Å². The van der Waals surface area contributed by atoms with E-state index in [9.17, 15) is 127 Å². The Hall–Kier alpha value is -6.63. The topological polar surface area (TPSA) is 650 Å². The summed E-state index contributed by atoms with van der Waals surface area (Å²) in [4.78, 5) is 29.2. The highest BCUT2D eigenvalue weighted by molar-refractivity contribution is 5.76. The van der Waals surface area contributed by atoms with E-state index in [0.29, 0.717) is 0 Å². The first kappa shape index (κ1) is 122. The van der Waals surface area contributed by atoms with Crippen molar-refractivity contribution in [3.8, 4) is 0 Å². The fourth-order valence-electron chi connectivity index (χ4n) is 16.2. The van der Waals surface area contributed by atoms with Crippen molar-refractivity contribution < 1.29 is 165 Å². The highest BCUT2D eigenvalue weighted by Crippen LogP contribution is 2.41. The van der Waals surface area contributed by atoms with Gasteiger partial charge in [-0.3, -0.25) is 14.8 Å². The van der Waals surface area contributed by atoms with Crippen LogP contribution in [0.5, 0.6) is 0 Å². The van der Waals surface area contributed by atoms with Crippen molar-refractivity contribution in [3.63, 3.8) is 0 Å². The molecule has 6 rings (SSSR count). The second-order valence-corrected chi connectivity index (χ2v) is 35.6. The number of ether oxygens (including phenoxy) is 8. The van der Waals surface area contributed by atoms with Crippen LogP contribution in [0, 0.1) is 35.5 Å². The lowest BCUT2D eigenvalue weighted by atomic mass is 9.83. The summed E-state index contributed by atoms with van der Waals surface area (Å²) in [7, 11) is 0. The number of hydroxylamine groups is 1. The van der Waals surface area contributed by atoms with Crippen LogP contribution in [0.2, 0.25) is 0 Å². The van der Waals surface area contributed by atoms with Crippen molar-refractivity contribution in [2.75, 3.05) is 13.2 Å². The molecule has 28 N–H and O–H groups in total. The van der Waals surface area contributed by atoms with Crippen LogP contribution in [0.3, 0.4) is 0 Å². The number of aliphatic hydroxyl groups excluding tert-OH is 20. The molecule has 4 saturated heterocycles. The molecule has 38 atom stereocenters. The predicted molar refractivity (Wildman–Crippen MR) is 499 cm³/mol. The molecule has 4 fully saturated rings. The van der Waals surface area contributed by atoms with Gasteiger partial charge in [0.1, 0.15) is 36.6 Å². The number of esters is 2. The number of nitrogens with two attached hydrogens (primary N) is 2. The van der Waals surface area contributed by atoms with Crippen molar-refractivity contribution in [1.29, 1.82) is 0 Å². The second-order valence-electron chi connectivity index (χ2n) is 35.6. The van der Waals surface area contributed by atoms with Gasteiger partial charge in [0, 0.05) is 86.9 Å². The second kappa shape index (κ2) is 62.4. The van der Waals surface area contributed by atoms with Crippen LogP contribution in [0.1, 0.15) is 173 Å². The Bertz CT molecular complexity index is 3800. The average Bonchev–Trinajstić information content (AvgIpc) is 0.794. The molecule has 6 heterocycles. The van der Waals surface area contributed by atoms with Gasteiger partial charge in [-0.25, -0.2) is 10.5 Å². The zero-order valence-electron chi connectivity index (χ0n) is 76.6. The zero-order chi connectivity index (χ0) is 98.1. The Morgan fingerprint density at radius 3 is 1.04 bits per heavy atom. The molecule has 0 amide bonds. The molecule has 37 nitrogen and oxygen atoms in total. The first-order chi connectivity index (χ1) is 62.4. The van der Waals surface area contributed by atoms with Gasteiger partial charge in [0.05, 0.1) is 160 Å². The number of nitrogens with zero attached hydrogens (tertiary/aromatic N) is 1. The third kappa shape index (κ3) is 42.6. The molecule has 0 radical (unpaired) electrons. The molecule has 37 heteroatoms. The summed E-state index contributed by atoms with van der Waals surface area (Å²) in [6.07, 6.45) is 10.9. The summed E-state index contributed by atoms with van der Waals surface area (Å²) in [5.41, 5.74) is 13.3. The van der Waals surface area contributed by atoms with Gasteiger partial charge in [-0.1, -0.05) is 213 Å². The van der Waals surface area contributed by atoms with Gasteiger partial charge in [-0.15, -0.1) is 0 Å². The largest absolute Gasteiger partial charge is 0.462 e. The molecule has 0 aromatic carbocycles. The van der Waals surface area contributed by atoms with Crippen molar-refractivity contribution >= 4 is 17.9 Å². The predicted octanol–water partition coefficient (Wildman–Crippen LogP) is 1.85. The van der Waals surface area contributed by atoms with Gasteiger partial charge >= 0.3 is 11.9 Å². The van der Waals surface area contributed by atoms with Crippen LogP contribution < -0.4 is 16.9 Å². The number of hydrogen-bond donors (Lipinski definition) is 26. The van der Waals surface area contributed by atoms with E-state index in [-0.39, 0.29) is 78.1 Å². The number of cyclic esters (lactones) is 2. The van der Waals surface area contributed by atoms with Crippen molar-refractivity contribution in [2.24, 2.45) is 52.0 Å². The van der Waals surface area contributed by atoms with E-state index in [4.69, 9.17) is 49.4 Å². The molecule has 0 saturated carbocycles. The maximum absolute atomic E-state index is 12.6. The molecular weight excluding hydrogens is 1750 g/mol. The summed E-state index contributed by atoms with van der Waals surface area (Å²) < 4.78 is 47.0. The number of guanidine groups is 1. The van der Waals surface area contributed by atoms with Gasteiger partial charge in [0.15, 0.2) is 24.2 Å². The molecule has 0 aromatic rings. The van der Waals surface area contributed by atoms with Crippen LogP contribution >= 0.6 is 0 Å².